The lowest BCUT2D eigenvalue weighted by Gasteiger charge is -2.26. The maximum atomic E-state index is 13.4. The number of nitrogens with one attached hydrogen (secondary N) is 2. The summed E-state index contributed by atoms with van der Waals surface area (Å²) in [5.41, 5.74) is 25.0. The monoisotopic (exact) mass is 794 g/mol. The zero-order chi connectivity index (χ0) is 39.2. The molecule has 4 aromatic rings. The third-order valence-corrected chi connectivity index (χ3v) is 10.3. The first-order valence-electron chi connectivity index (χ1n) is 15.1. The van der Waals surface area contributed by atoms with Crippen molar-refractivity contribution >= 4 is 77.7 Å². The van der Waals surface area contributed by atoms with Gasteiger partial charge in [-0.2, -0.15) is 13.2 Å². The second kappa shape index (κ2) is 14.2. The minimum Gasteiger partial charge on any atom is -0.370 e. The maximum Gasteiger partial charge on any atom is 0.417 e. The summed E-state index contributed by atoms with van der Waals surface area (Å²) in [5, 5.41) is 16.2. The Hall–Kier alpha value is -5.48. The number of hydrogen-bond acceptors (Lipinski definition) is 10. The number of hydrogen-bond donors (Lipinski definition) is 8. The van der Waals surface area contributed by atoms with Crippen LogP contribution in [0.15, 0.2) is 92.6 Å². The number of primary sulfonamides is 2. The van der Waals surface area contributed by atoms with Gasteiger partial charge >= 0.3 is 6.18 Å². The predicted molar refractivity (Wildman–Crippen MR) is 199 cm³/mol. The number of benzene rings is 4. The van der Waals surface area contributed by atoms with Crippen molar-refractivity contribution in [2.24, 2.45) is 43.2 Å². The molecule has 2 aliphatic rings. The van der Waals surface area contributed by atoms with E-state index in [4.69, 9.17) is 44.8 Å². The van der Waals surface area contributed by atoms with Crippen LogP contribution in [0.2, 0.25) is 5.02 Å². The Labute approximate surface area is 307 Å². The molecule has 2 aliphatic heterocycles. The van der Waals surface area contributed by atoms with Crippen LogP contribution in [0.25, 0.3) is 0 Å². The molecule has 16 nitrogen and oxygen atoms in total. The molecule has 0 spiro atoms. The second-order valence-electron chi connectivity index (χ2n) is 11.7. The Morgan fingerprint density at radius 2 is 1.08 bits per heavy atom. The quantitative estimate of drug-likeness (QED) is 0.103. The van der Waals surface area contributed by atoms with Gasteiger partial charge in [-0.1, -0.05) is 48.0 Å². The van der Waals surface area contributed by atoms with Gasteiger partial charge < -0.3 is 33.6 Å². The van der Waals surface area contributed by atoms with Crippen LogP contribution in [0.1, 0.15) is 16.7 Å². The number of sulfonamides is 2. The van der Waals surface area contributed by atoms with E-state index in [-0.39, 0.29) is 33.2 Å². The smallest absolute Gasteiger partial charge is 0.370 e. The highest BCUT2D eigenvalue weighted by molar-refractivity contribution is 7.89. The van der Waals surface area contributed by atoms with Crippen LogP contribution in [0, 0.1) is 13.8 Å². The van der Waals surface area contributed by atoms with Crippen molar-refractivity contribution in [2.75, 3.05) is 20.4 Å². The number of rotatable bonds is 6. The largest absolute Gasteiger partial charge is 0.417 e. The Balaban J connectivity index is 0.000000206. The number of aryl methyl sites for hydroxylation is 2. The number of nitrogens with zero attached hydrogens (tertiary/aromatic N) is 4. The number of aliphatic imine (C=N–C) groups is 2. The molecule has 0 bridgehead atoms. The molecule has 0 saturated heterocycles. The SMILES string of the molecule is Cc1ccccc1N1c2cc(S(N)(=O)=O)c(C(F)(F)F)cc2NC1N=C(N)N.Cc1ccccc1N1c2cc(S(N)(=O)=O)c(Cl)cc2NC1N=C(N)N. The number of anilines is 6. The van der Waals surface area contributed by atoms with E-state index in [0.717, 1.165) is 22.9 Å². The van der Waals surface area contributed by atoms with Gasteiger partial charge in [0.15, 0.2) is 11.9 Å². The zero-order valence-electron chi connectivity index (χ0n) is 27.8. The number of fused-ring (bicyclic) bond motifs is 2. The van der Waals surface area contributed by atoms with Gasteiger partial charge in [-0.25, -0.2) is 37.1 Å². The van der Waals surface area contributed by atoms with Crippen LogP contribution in [-0.4, -0.2) is 41.3 Å². The summed E-state index contributed by atoms with van der Waals surface area (Å²) in [6, 6.07) is 19.0. The van der Waals surface area contributed by atoms with Gasteiger partial charge in [-0.05, 0) is 61.4 Å². The van der Waals surface area contributed by atoms with E-state index < -0.39 is 49.3 Å². The fourth-order valence-electron chi connectivity index (χ4n) is 5.74. The normalized spacial score (nSPS) is 16.4. The minimum atomic E-state index is -4.93. The molecule has 2 unspecified atom stereocenters. The van der Waals surface area contributed by atoms with Gasteiger partial charge in [-0.15, -0.1) is 0 Å². The molecule has 0 aliphatic carbocycles. The number of nitrogens with two attached hydrogens (primary N) is 6. The minimum absolute atomic E-state index is 0.0120. The Bertz CT molecular complexity index is 2370. The topological polar surface area (TPSA) is 280 Å². The summed E-state index contributed by atoms with van der Waals surface area (Å²) in [5.74, 6) is -0.409. The molecule has 2 heterocycles. The van der Waals surface area contributed by atoms with Crippen LogP contribution in [0.3, 0.4) is 0 Å². The highest BCUT2D eigenvalue weighted by atomic mass is 35.5. The average Bonchev–Trinajstić information content (AvgIpc) is 3.54. The Morgan fingerprint density at radius 3 is 1.45 bits per heavy atom. The van der Waals surface area contributed by atoms with Gasteiger partial charge in [0.25, 0.3) is 0 Å². The summed E-state index contributed by atoms with van der Waals surface area (Å²) >= 11 is 6.07. The highest BCUT2D eigenvalue weighted by Crippen LogP contribution is 2.47. The fraction of sp³-hybridized carbons (Fsp3) is 0.161. The van der Waals surface area contributed by atoms with E-state index in [1.165, 1.54) is 17.0 Å². The van der Waals surface area contributed by atoms with E-state index in [1.807, 2.05) is 31.2 Å². The fourth-order valence-corrected chi connectivity index (χ4v) is 7.59. The van der Waals surface area contributed by atoms with Crippen LogP contribution in [0.4, 0.5) is 47.3 Å². The molecule has 14 N–H and O–H groups in total. The van der Waals surface area contributed by atoms with E-state index in [2.05, 4.69) is 20.6 Å². The Morgan fingerprint density at radius 1 is 0.679 bits per heavy atom. The summed E-state index contributed by atoms with van der Waals surface area (Å²) in [6.45, 7) is 3.71. The van der Waals surface area contributed by atoms with E-state index in [9.17, 15) is 30.0 Å². The summed E-state index contributed by atoms with van der Waals surface area (Å²) in [4.78, 5) is 10.3. The van der Waals surface area contributed by atoms with Gasteiger partial charge in [0.2, 0.25) is 32.6 Å². The number of guanidine groups is 2. The van der Waals surface area contributed by atoms with Crippen molar-refractivity contribution in [2.45, 2.75) is 42.4 Å². The summed E-state index contributed by atoms with van der Waals surface area (Å²) in [7, 11) is -8.64. The molecule has 6 rings (SSSR count). The van der Waals surface area contributed by atoms with Crippen molar-refractivity contribution in [3.05, 3.63) is 94.5 Å². The van der Waals surface area contributed by atoms with E-state index in [0.29, 0.717) is 23.1 Å². The Kier molecular flexibility index (Phi) is 10.3. The lowest BCUT2D eigenvalue weighted by Crippen LogP contribution is -2.35. The number of halogens is 4. The predicted octanol–water partition coefficient (Wildman–Crippen LogP) is 3.20. The molecule has 4 aromatic carbocycles. The van der Waals surface area contributed by atoms with Crippen molar-refractivity contribution in [3.8, 4) is 0 Å². The molecule has 2 atom stereocenters. The zero-order valence-corrected chi connectivity index (χ0v) is 30.2. The average molecular weight is 795 g/mol. The first-order valence-corrected chi connectivity index (χ1v) is 18.6. The molecule has 0 radical (unpaired) electrons. The van der Waals surface area contributed by atoms with Crippen LogP contribution in [0.5, 0.6) is 0 Å². The third kappa shape index (κ3) is 8.13. The first-order chi connectivity index (χ1) is 24.6. The number of alkyl halides is 3. The van der Waals surface area contributed by atoms with E-state index in [1.54, 1.807) is 36.1 Å². The molecule has 0 saturated carbocycles. The van der Waals surface area contributed by atoms with E-state index >= 15 is 0 Å². The molecular formula is C31H34ClF3N12O4S2. The van der Waals surface area contributed by atoms with Gasteiger partial charge in [0.05, 0.1) is 38.2 Å². The van der Waals surface area contributed by atoms with Crippen LogP contribution >= 0.6 is 11.6 Å². The lowest BCUT2D eigenvalue weighted by molar-refractivity contribution is -0.139. The van der Waals surface area contributed by atoms with Crippen LogP contribution < -0.4 is 53.6 Å². The maximum absolute atomic E-state index is 13.4. The molecule has 0 aromatic heterocycles. The standard InChI is InChI=1S/C16H17F3N6O2S.C15H17ClN6O2S/c1-8-4-2-3-5-11(8)25-12-7-13(28(22,26)27)9(16(17,18)19)6-10(12)23-15(25)24-14(20)21;1-8-4-2-3-5-11(8)22-12-7-13(25(19,23)24)9(16)6-10(12)20-15(22)21-14(17)18/h2-7,15,23H,1H3,(H4,20,21,24)(H2,22,26,27);2-7,15,20H,1H3,(H4,17,18,21)(H2,19,23,24). The first kappa shape index (κ1) is 38.7. The van der Waals surface area contributed by atoms with Gasteiger partial charge in [-0.3, -0.25) is 9.80 Å². The molecule has 22 heteroatoms. The number of para-hydroxylation sites is 2. The third-order valence-electron chi connectivity index (χ3n) is 7.94. The highest BCUT2D eigenvalue weighted by Gasteiger charge is 2.41. The summed E-state index contributed by atoms with van der Waals surface area (Å²) in [6.07, 6.45) is -6.55. The van der Waals surface area contributed by atoms with Gasteiger partial charge in [0.1, 0.15) is 4.90 Å². The van der Waals surface area contributed by atoms with Crippen molar-refractivity contribution < 1.29 is 30.0 Å². The van der Waals surface area contributed by atoms with Gasteiger partial charge in [0, 0.05) is 11.4 Å². The lowest BCUT2D eigenvalue weighted by atomic mass is 10.1. The van der Waals surface area contributed by atoms with Crippen molar-refractivity contribution in [1.29, 1.82) is 0 Å². The second-order valence-corrected chi connectivity index (χ2v) is 15.2. The van der Waals surface area contributed by atoms with Crippen molar-refractivity contribution in [1.82, 2.24) is 0 Å². The van der Waals surface area contributed by atoms with Crippen LogP contribution in [-0.2, 0) is 26.2 Å². The molecule has 53 heavy (non-hydrogen) atoms. The summed E-state index contributed by atoms with van der Waals surface area (Å²) < 4.78 is 87.5. The molecular weight excluding hydrogens is 761 g/mol. The molecule has 0 amide bonds. The van der Waals surface area contributed by atoms with Crippen molar-refractivity contribution in [3.63, 3.8) is 0 Å². The molecule has 282 valence electrons. The molecule has 0 fully saturated rings.